The molecule has 4 nitrogen and oxygen atoms in total. The first-order valence-corrected chi connectivity index (χ1v) is 9.35. The van der Waals surface area contributed by atoms with Crippen LogP contribution >= 0.6 is 0 Å². The summed E-state index contributed by atoms with van der Waals surface area (Å²) in [4.78, 5) is 10.9. The lowest BCUT2D eigenvalue weighted by molar-refractivity contribution is 0.0697. The van der Waals surface area contributed by atoms with Crippen molar-refractivity contribution in [2.24, 2.45) is 0 Å². The molecule has 2 aromatic rings. The van der Waals surface area contributed by atoms with Gasteiger partial charge in [-0.2, -0.15) is 0 Å². The summed E-state index contributed by atoms with van der Waals surface area (Å²) < 4.78 is 11.2. The van der Waals surface area contributed by atoms with E-state index in [4.69, 9.17) is 14.6 Å². The fourth-order valence-electron chi connectivity index (χ4n) is 2.65. The molecule has 1 N–H and O–H groups in total. The molecule has 0 aliphatic rings. The van der Waals surface area contributed by atoms with Gasteiger partial charge < -0.3 is 14.6 Å². The van der Waals surface area contributed by atoms with Gasteiger partial charge in [0, 0.05) is 13.2 Å². The predicted octanol–water partition coefficient (Wildman–Crippen LogP) is 5.42. The first kappa shape index (κ1) is 20.0. The summed E-state index contributed by atoms with van der Waals surface area (Å²) >= 11 is 0. The molecule has 0 aliphatic carbocycles. The number of ether oxygens (including phenoxy) is 2. The summed E-state index contributed by atoms with van der Waals surface area (Å²) in [6.45, 7) is 4.58. The van der Waals surface area contributed by atoms with Crippen molar-refractivity contribution in [1.82, 2.24) is 0 Å². The third kappa shape index (κ3) is 6.89. The molecule has 0 unspecified atom stereocenters. The highest BCUT2D eigenvalue weighted by atomic mass is 16.5. The smallest absolute Gasteiger partial charge is 0.335 e. The minimum Gasteiger partial charge on any atom is -0.494 e. The standard InChI is InChI=1S/C22H28O4/c1-2-15-25-16-5-3-4-6-17-26-21-13-11-19(12-14-21)18-7-9-20(10-8-18)22(23)24/h7-14H,2-6,15-17H2,1H3,(H,23,24). The second-order valence-electron chi connectivity index (χ2n) is 6.28. The molecule has 0 amide bonds. The Morgan fingerprint density at radius 1 is 0.808 bits per heavy atom. The molecule has 140 valence electrons. The molecule has 0 saturated heterocycles. The van der Waals surface area contributed by atoms with E-state index in [1.165, 1.54) is 6.42 Å². The van der Waals surface area contributed by atoms with Crippen molar-refractivity contribution in [2.75, 3.05) is 19.8 Å². The van der Waals surface area contributed by atoms with E-state index < -0.39 is 5.97 Å². The maximum atomic E-state index is 10.9. The van der Waals surface area contributed by atoms with E-state index in [1.807, 2.05) is 36.4 Å². The topological polar surface area (TPSA) is 55.8 Å². The summed E-state index contributed by atoms with van der Waals surface area (Å²) in [5, 5.41) is 8.94. The molecule has 0 heterocycles. The zero-order valence-electron chi connectivity index (χ0n) is 15.4. The van der Waals surface area contributed by atoms with Crippen molar-refractivity contribution in [1.29, 1.82) is 0 Å². The molecule has 2 rings (SSSR count). The lowest BCUT2D eigenvalue weighted by Gasteiger charge is -2.08. The zero-order chi connectivity index (χ0) is 18.6. The van der Waals surface area contributed by atoms with Gasteiger partial charge in [0.15, 0.2) is 0 Å². The Morgan fingerprint density at radius 2 is 1.38 bits per heavy atom. The van der Waals surface area contributed by atoms with Crippen LogP contribution in [0.15, 0.2) is 48.5 Å². The number of carboxylic acid groups (broad SMARTS) is 1. The lowest BCUT2D eigenvalue weighted by atomic mass is 10.0. The average molecular weight is 356 g/mol. The Hall–Kier alpha value is -2.33. The van der Waals surface area contributed by atoms with Gasteiger partial charge in [-0.15, -0.1) is 0 Å². The Labute approximate surface area is 155 Å². The van der Waals surface area contributed by atoms with Crippen molar-refractivity contribution in [3.8, 4) is 16.9 Å². The third-order valence-corrected chi connectivity index (χ3v) is 4.12. The number of hydrogen-bond acceptors (Lipinski definition) is 3. The molecule has 0 saturated carbocycles. The number of aromatic carboxylic acids is 1. The molecule has 0 atom stereocenters. The molecule has 26 heavy (non-hydrogen) atoms. The zero-order valence-corrected chi connectivity index (χ0v) is 15.4. The summed E-state index contributed by atoms with van der Waals surface area (Å²) in [7, 11) is 0. The van der Waals surface area contributed by atoms with Crippen LogP contribution in [0.2, 0.25) is 0 Å². The van der Waals surface area contributed by atoms with E-state index in [-0.39, 0.29) is 0 Å². The molecular weight excluding hydrogens is 328 g/mol. The van der Waals surface area contributed by atoms with E-state index in [0.29, 0.717) is 5.56 Å². The summed E-state index contributed by atoms with van der Waals surface area (Å²) in [6.07, 6.45) is 5.59. The van der Waals surface area contributed by atoms with Gasteiger partial charge in [-0.05, 0) is 61.1 Å². The molecule has 0 aliphatic heterocycles. The van der Waals surface area contributed by atoms with Crippen LogP contribution in [-0.2, 0) is 4.74 Å². The van der Waals surface area contributed by atoms with Crippen LogP contribution in [0.4, 0.5) is 0 Å². The highest BCUT2D eigenvalue weighted by Gasteiger charge is 2.03. The molecule has 0 radical (unpaired) electrons. The maximum absolute atomic E-state index is 10.9. The van der Waals surface area contributed by atoms with Crippen molar-refractivity contribution < 1.29 is 19.4 Å². The van der Waals surface area contributed by atoms with Crippen molar-refractivity contribution >= 4 is 5.97 Å². The normalized spacial score (nSPS) is 10.7. The Morgan fingerprint density at radius 3 is 1.96 bits per heavy atom. The highest BCUT2D eigenvalue weighted by molar-refractivity contribution is 5.88. The van der Waals surface area contributed by atoms with Crippen molar-refractivity contribution in [3.63, 3.8) is 0 Å². The van der Waals surface area contributed by atoms with Gasteiger partial charge in [0.25, 0.3) is 0 Å². The van der Waals surface area contributed by atoms with Crippen LogP contribution in [0.25, 0.3) is 11.1 Å². The van der Waals surface area contributed by atoms with Crippen LogP contribution < -0.4 is 4.74 Å². The highest BCUT2D eigenvalue weighted by Crippen LogP contribution is 2.23. The molecule has 4 heteroatoms. The maximum Gasteiger partial charge on any atom is 0.335 e. The van der Waals surface area contributed by atoms with Gasteiger partial charge in [-0.1, -0.05) is 37.6 Å². The summed E-state index contributed by atoms with van der Waals surface area (Å²) in [5.74, 6) is -0.0454. The van der Waals surface area contributed by atoms with Gasteiger partial charge in [-0.3, -0.25) is 0 Å². The van der Waals surface area contributed by atoms with Gasteiger partial charge in [0.2, 0.25) is 0 Å². The third-order valence-electron chi connectivity index (χ3n) is 4.12. The van der Waals surface area contributed by atoms with Crippen molar-refractivity contribution in [2.45, 2.75) is 39.0 Å². The Balaban J connectivity index is 1.68. The first-order chi connectivity index (χ1) is 12.7. The second kappa shape index (κ2) is 11.3. The quantitative estimate of drug-likeness (QED) is 0.516. The van der Waals surface area contributed by atoms with Gasteiger partial charge in [0.1, 0.15) is 5.75 Å². The Kier molecular flexibility index (Phi) is 8.70. The number of hydrogen-bond donors (Lipinski definition) is 1. The second-order valence-corrected chi connectivity index (χ2v) is 6.28. The fraction of sp³-hybridized carbons (Fsp3) is 0.409. The molecule has 2 aromatic carbocycles. The van der Waals surface area contributed by atoms with Gasteiger partial charge in [-0.25, -0.2) is 4.79 Å². The monoisotopic (exact) mass is 356 g/mol. The van der Waals surface area contributed by atoms with E-state index in [0.717, 1.165) is 62.4 Å². The summed E-state index contributed by atoms with van der Waals surface area (Å²) in [5.41, 5.74) is 2.33. The number of benzene rings is 2. The number of unbranched alkanes of at least 4 members (excludes halogenated alkanes) is 3. The Bertz CT molecular complexity index is 647. The van der Waals surface area contributed by atoms with E-state index in [9.17, 15) is 4.79 Å². The SMILES string of the molecule is CCCOCCCCCCOc1ccc(-c2ccc(C(=O)O)cc2)cc1. The van der Waals surface area contributed by atoms with Gasteiger partial charge in [0.05, 0.1) is 12.2 Å². The van der Waals surface area contributed by atoms with Crippen LogP contribution in [0.5, 0.6) is 5.75 Å². The minimum atomic E-state index is -0.909. The first-order valence-electron chi connectivity index (χ1n) is 9.35. The average Bonchev–Trinajstić information content (AvgIpc) is 2.67. The fourth-order valence-corrected chi connectivity index (χ4v) is 2.65. The van der Waals surface area contributed by atoms with Gasteiger partial charge >= 0.3 is 5.97 Å². The summed E-state index contributed by atoms with van der Waals surface area (Å²) in [6, 6.07) is 14.8. The molecule has 0 bridgehead atoms. The van der Waals surface area contributed by atoms with Crippen LogP contribution in [0.3, 0.4) is 0 Å². The predicted molar refractivity (Wildman–Crippen MR) is 104 cm³/mol. The molecule has 0 fully saturated rings. The van der Waals surface area contributed by atoms with E-state index >= 15 is 0 Å². The molecular formula is C22H28O4. The lowest BCUT2D eigenvalue weighted by Crippen LogP contribution is -1.99. The number of carbonyl (C=O) groups is 1. The van der Waals surface area contributed by atoms with Crippen LogP contribution in [0.1, 0.15) is 49.4 Å². The van der Waals surface area contributed by atoms with E-state index in [1.54, 1.807) is 12.1 Å². The van der Waals surface area contributed by atoms with Crippen LogP contribution in [0, 0.1) is 0 Å². The minimum absolute atomic E-state index is 0.297. The number of carboxylic acids is 1. The van der Waals surface area contributed by atoms with Crippen molar-refractivity contribution in [3.05, 3.63) is 54.1 Å². The number of rotatable bonds is 12. The van der Waals surface area contributed by atoms with E-state index in [2.05, 4.69) is 6.92 Å². The largest absolute Gasteiger partial charge is 0.494 e. The van der Waals surface area contributed by atoms with Crippen LogP contribution in [-0.4, -0.2) is 30.9 Å². The molecule has 0 aromatic heterocycles. The molecule has 0 spiro atoms.